The third-order valence-electron chi connectivity index (χ3n) is 0.368. The average molecular weight is 131 g/mol. The first-order valence-corrected chi connectivity index (χ1v) is 2.18. The number of hydrogen-bond donors (Lipinski definition) is 1. The zero-order valence-corrected chi connectivity index (χ0v) is 5.55. The van der Waals surface area contributed by atoms with Gasteiger partial charge in [-0.15, -0.1) is 0 Å². The number of esters is 1. The van der Waals surface area contributed by atoms with E-state index in [4.69, 9.17) is 4.80 Å². The zero-order valence-electron chi connectivity index (χ0n) is 4.55. The second-order valence-electron chi connectivity index (χ2n) is 0.727. The van der Waals surface area contributed by atoms with E-state index in [1.165, 1.54) is 7.11 Å². The molecule has 0 aromatic carbocycles. The van der Waals surface area contributed by atoms with Gasteiger partial charge in [0.1, 0.15) is 0 Å². The van der Waals surface area contributed by atoms with E-state index < -0.39 is 5.97 Å². The Morgan fingerprint density at radius 1 is 1.88 bits per heavy atom. The Labute approximate surface area is 51.5 Å². The van der Waals surface area contributed by atoms with Gasteiger partial charge in [-0.1, -0.05) is 6.58 Å². The molecule has 0 unspecified atom stereocenters. The SMILES string of the molecule is C=CC(=O)OC.O[Si]. The van der Waals surface area contributed by atoms with Crippen molar-refractivity contribution in [3.63, 3.8) is 0 Å². The summed E-state index contributed by atoms with van der Waals surface area (Å²) >= 11 is 0. The Morgan fingerprint density at radius 2 is 2.25 bits per heavy atom. The molecule has 0 rings (SSSR count). The number of methoxy groups -OCH3 is 1. The number of ether oxygens (including phenoxy) is 1. The maximum atomic E-state index is 9.84. The minimum Gasteiger partial charge on any atom is -0.466 e. The van der Waals surface area contributed by atoms with E-state index in [1.807, 2.05) is 10.5 Å². The maximum Gasteiger partial charge on any atom is 0.329 e. The standard InChI is InChI=1S/C4H6O2.HOSi/c1-3-4(5)6-2;1-2/h3H,1H2,2H3;1H. The summed E-state index contributed by atoms with van der Waals surface area (Å²) in [6.45, 7) is 3.16. The van der Waals surface area contributed by atoms with Crippen molar-refractivity contribution in [1.82, 2.24) is 0 Å². The molecular weight excluding hydrogens is 124 g/mol. The molecular formula is C4H7O3Si. The predicted molar refractivity (Wildman–Crippen MR) is 30.2 cm³/mol. The van der Waals surface area contributed by atoms with Crippen molar-refractivity contribution in [2.24, 2.45) is 0 Å². The van der Waals surface area contributed by atoms with Crippen molar-refractivity contribution in [3.05, 3.63) is 12.7 Å². The minimum atomic E-state index is -0.394. The first-order chi connectivity index (χ1) is 3.81. The lowest BCUT2D eigenvalue weighted by Gasteiger charge is -1.83. The van der Waals surface area contributed by atoms with E-state index in [9.17, 15) is 4.79 Å². The number of rotatable bonds is 1. The van der Waals surface area contributed by atoms with Crippen LogP contribution in [-0.2, 0) is 9.53 Å². The van der Waals surface area contributed by atoms with E-state index >= 15 is 0 Å². The van der Waals surface area contributed by atoms with E-state index in [0.29, 0.717) is 0 Å². The van der Waals surface area contributed by atoms with Gasteiger partial charge in [0, 0.05) is 6.08 Å². The van der Waals surface area contributed by atoms with Gasteiger partial charge in [0.05, 0.1) is 7.11 Å². The molecule has 0 aliphatic rings. The third kappa shape index (κ3) is 9.04. The highest BCUT2D eigenvalue weighted by Gasteiger charge is 1.81. The molecule has 0 atom stereocenters. The van der Waals surface area contributed by atoms with E-state index in [0.717, 1.165) is 6.08 Å². The van der Waals surface area contributed by atoms with Crippen molar-refractivity contribution < 1.29 is 14.3 Å². The van der Waals surface area contributed by atoms with E-state index in [1.54, 1.807) is 0 Å². The zero-order chi connectivity index (χ0) is 6.99. The summed E-state index contributed by atoms with van der Waals surface area (Å²) in [5, 5.41) is 0. The van der Waals surface area contributed by atoms with Crippen molar-refractivity contribution in [2.45, 2.75) is 0 Å². The first-order valence-electron chi connectivity index (χ1n) is 1.74. The van der Waals surface area contributed by atoms with Crippen LogP contribution < -0.4 is 0 Å². The molecule has 4 heteroatoms. The fourth-order valence-electron chi connectivity index (χ4n) is 0.0833. The van der Waals surface area contributed by atoms with Crippen LogP contribution in [0.2, 0.25) is 0 Å². The summed E-state index contributed by atoms with van der Waals surface area (Å²) in [6.07, 6.45) is 1.11. The Hall–Kier alpha value is -0.613. The largest absolute Gasteiger partial charge is 0.466 e. The molecule has 0 aliphatic heterocycles. The number of carbonyl (C=O) groups is 1. The van der Waals surface area contributed by atoms with Crippen molar-refractivity contribution in [2.75, 3.05) is 7.11 Å². The van der Waals surface area contributed by atoms with E-state index in [-0.39, 0.29) is 0 Å². The summed E-state index contributed by atoms with van der Waals surface area (Å²) in [5.74, 6) is -0.394. The molecule has 8 heavy (non-hydrogen) atoms. The van der Waals surface area contributed by atoms with Gasteiger partial charge in [0.15, 0.2) is 0 Å². The molecule has 0 amide bonds. The van der Waals surface area contributed by atoms with Gasteiger partial charge >= 0.3 is 5.97 Å². The van der Waals surface area contributed by atoms with Gasteiger partial charge in [0.25, 0.3) is 0 Å². The first kappa shape index (κ1) is 10.4. The van der Waals surface area contributed by atoms with Crippen molar-refractivity contribution >= 4 is 16.5 Å². The van der Waals surface area contributed by atoms with E-state index in [2.05, 4.69) is 11.3 Å². The molecule has 0 heterocycles. The molecule has 0 saturated heterocycles. The van der Waals surface area contributed by atoms with Crippen LogP contribution in [0.5, 0.6) is 0 Å². The average Bonchev–Trinajstić information content (AvgIpc) is 1.91. The molecule has 3 nitrogen and oxygen atoms in total. The molecule has 0 bridgehead atoms. The van der Waals surface area contributed by atoms with Crippen LogP contribution in [0.1, 0.15) is 0 Å². The third-order valence-corrected chi connectivity index (χ3v) is 0.368. The van der Waals surface area contributed by atoms with Crippen LogP contribution in [0, 0.1) is 0 Å². The Balaban J connectivity index is 0. The van der Waals surface area contributed by atoms with Crippen LogP contribution in [0.25, 0.3) is 0 Å². The second kappa shape index (κ2) is 9.63. The second-order valence-corrected chi connectivity index (χ2v) is 0.727. The lowest BCUT2D eigenvalue weighted by atomic mass is 10.7. The summed E-state index contributed by atoms with van der Waals surface area (Å²) in [7, 11) is 3.28. The quantitative estimate of drug-likeness (QED) is 0.294. The summed E-state index contributed by atoms with van der Waals surface area (Å²) in [4.78, 5) is 16.6. The fraction of sp³-hybridized carbons (Fsp3) is 0.250. The normalized spacial score (nSPS) is 5.88. The lowest BCUT2D eigenvalue weighted by Crippen LogP contribution is -1.91. The molecule has 3 radical (unpaired) electrons. The van der Waals surface area contributed by atoms with Gasteiger partial charge < -0.3 is 9.53 Å². The van der Waals surface area contributed by atoms with Gasteiger partial charge in [0.2, 0.25) is 10.5 Å². The van der Waals surface area contributed by atoms with Crippen LogP contribution >= 0.6 is 0 Å². The predicted octanol–water partition coefficient (Wildman–Crippen LogP) is -0.592. The Bertz CT molecular complexity index is 71.7. The van der Waals surface area contributed by atoms with Crippen molar-refractivity contribution in [1.29, 1.82) is 0 Å². The van der Waals surface area contributed by atoms with Crippen LogP contribution in [0.3, 0.4) is 0 Å². The topological polar surface area (TPSA) is 46.5 Å². The van der Waals surface area contributed by atoms with Crippen molar-refractivity contribution in [3.8, 4) is 0 Å². The summed E-state index contributed by atoms with van der Waals surface area (Å²) < 4.78 is 4.14. The highest BCUT2D eigenvalue weighted by atomic mass is 28.2. The Morgan fingerprint density at radius 3 is 2.25 bits per heavy atom. The molecule has 0 aromatic heterocycles. The van der Waals surface area contributed by atoms with Gasteiger partial charge in [-0.05, 0) is 0 Å². The Kier molecular flexibility index (Phi) is 12.5. The fourth-order valence-corrected chi connectivity index (χ4v) is 0.0833. The molecule has 45 valence electrons. The number of carbonyl (C=O) groups excluding carboxylic acids is 1. The van der Waals surface area contributed by atoms with Crippen LogP contribution in [-0.4, -0.2) is 28.4 Å². The molecule has 0 fully saturated rings. The molecule has 1 N–H and O–H groups in total. The maximum absolute atomic E-state index is 9.84. The van der Waals surface area contributed by atoms with Crippen LogP contribution in [0.15, 0.2) is 12.7 Å². The molecule has 0 saturated carbocycles. The number of hydrogen-bond acceptors (Lipinski definition) is 3. The van der Waals surface area contributed by atoms with Gasteiger partial charge in [-0.2, -0.15) is 0 Å². The highest BCUT2D eigenvalue weighted by Crippen LogP contribution is 1.67. The smallest absolute Gasteiger partial charge is 0.329 e. The monoisotopic (exact) mass is 131 g/mol. The molecule has 0 aromatic rings. The van der Waals surface area contributed by atoms with Gasteiger partial charge in [-0.25, -0.2) is 4.79 Å². The minimum absolute atomic E-state index is 0.394. The summed E-state index contributed by atoms with van der Waals surface area (Å²) in [6, 6.07) is 0. The van der Waals surface area contributed by atoms with Crippen LogP contribution in [0.4, 0.5) is 0 Å². The summed E-state index contributed by atoms with van der Waals surface area (Å²) in [5.41, 5.74) is 0. The molecule has 0 aliphatic carbocycles. The molecule has 0 spiro atoms. The highest BCUT2D eigenvalue weighted by molar-refractivity contribution is 5.95. The van der Waals surface area contributed by atoms with Gasteiger partial charge in [-0.3, -0.25) is 0 Å². The lowest BCUT2D eigenvalue weighted by molar-refractivity contribution is -0.134.